The van der Waals surface area contributed by atoms with Gasteiger partial charge in [0.2, 0.25) is 5.91 Å². The van der Waals surface area contributed by atoms with Crippen molar-refractivity contribution in [1.82, 2.24) is 14.8 Å². The zero-order chi connectivity index (χ0) is 16.8. The van der Waals surface area contributed by atoms with Gasteiger partial charge in [-0.25, -0.2) is 4.98 Å². The van der Waals surface area contributed by atoms with Gasteiger partial charge in [0.15, 0.2) is 0 Å². The molecule has 136 valence electrons. The molecule has 0 saturated carbocycles. The fraction of sp³-hybridized carbons (Fsp3) is 0.444. The van der Waals surface area contributed by atoms with E-state index in [1.807, 2.05) is 30.0 Å². The number of thiazole rings is 1. The van der Waals surface area contributed by atoms with Gasteiger partial charge in [-0.1, -0.05) is 30.3 Å². The number of piperazine rings is 1. The molecular formula is C18H24ClN3OS2. The average Bonchev–Trinajstić information content (AvgIpc) is 3.01. The minimum absolute atomic E-state index is 0. The first kappa shape index (κ1) is 20.2. The van der Waals surface area contributed by atoms with Gasteiger partial charge in [-0.15, -0.1) is 35.5 Å². The quantitative estimate of drug-likeness (QED) is 0.748. The van der Waals surface area contributed by atoms with E-state index in [4.69, 9.17) is 0 Å². The van der Waals surface area contributed by atoms with E-state index in [1.165, 1.54) is 10.6 Å². The highest BCUT2D eigenvalue weighted by molar-refractivity contribution is 7.99. The Morgan fingerprint density at radius 3 is 2.56 bits per heavy atom. The lowest BCUT2D eigenvalue weighted by Crippen LogP contribution is -2.48. The predicted molar refractivity (Wildman–Crippen MR) is 109 cm³/mol. The molecule has 1 saturated heterocycles. The molecule has 1 aromatic carbocycles. The van der Waals surface area contributed by atoms with Crippen molar-refractivity contribution in [1.29, 1.82) is 0 Å². The van der Waals surface area contributed by atoms with Crippen LogP contribution in [0.4, 0.5) is 0 Å². The summed E-state index contributed by atoms with van der Waals surface area (Å²) in [5.41, 5.74) is 2.37. The minimum Gasteiger partial charge on any atom is -0.339 e. The van der Waals surface area contributed by atoms with Crippen molar-refractivity contribution in [3.05, 3.63) is 52.0 Å². The Bertz CT molecular complexity index is 657. The maximum absolute atomic E-state index is 12.3. The molecular weight excluding hydrogens is 374 g/mol. The fourth-order valence-corrected chi connectivity index (χ4v) is 4.44. The number of thioether (sulfide) groups is 1. The number of carbonyl (C=O) groups is 1. The van der Waals surface area contributed by atoms with Gasteiger partial charge in [-0.2, -0.15) is 0 Å². The zero-order valence-electron chi connectivity index (χ0n) is 14.4. The van der Waals surface area contributed by atoms with Crippen LogP contribution in [-0.2, 0) is 17.1 Å². The molecule has 0 unspecified atom stereocenters. The van der Waals surface area contributed by atoms with Gasteiger partial charge in [0.1, 0.15) is 5.01 Å². The lowest BCUT2D eigenvalue weighted by atomic mass is 10.2. The molecule has 1 amide bonds. The summed E-state index contributed by atoms with van der Waals surface area (Å²) in [5.74, 6) is 1.73. The SMILES string of the molecule is Cc1csc(CN2CCN(C(=O)CSCc3ccccc3)CC2)n1.Cl. The normalized spacial score (nSPS) is 15.0. The number of carbonyl (C=O) groups excluding carboxylic acids is 1. The molecule has 0 spiro atoms. The largest absolute Gasteiger partial charge is 0.339 e. The summed E-state index contributed by atoms with van der Waals surface area (Å²) in [6.07, 6.45) is 0. The number of aromatic nitrogens is 1. The van der Waals surface area contributed by atoms with E-state index in [0.717, 1.165) is 44.2 Å². The fourth-order valence-electron chi connectivity index (χ4n) is 2.74. The molecule has 3 rings (SSSR count). The molecule has 1 fully saturated rings. The topological polar surface area (TPSA) is 36.4 Å². The van der Waals surface area contributed by atoms with E-state index in [-0.39, 0.29) is 18.3 Å². The molecule has 1 aliphatic rings. The van der Waals surface area contributed by atoms with E-state index >= 15 is 0 Å². The second-order valence-electron chi connectivity index (χ2n) is 6.02. The van der Waals surface area contributed by atoms with Crippen molar-refractivity contribution in [3.63, 3.8) is 0 Å². The van der Waals surface area contributed by atoms with Crippen LogP contribution >= 0.6 is 35.5 Å². The summed E-state index contributed by atoms with van der Waals surface area (Å²) >= 11 is 3.42. The third-order valence-electron chi connectivity index (χ3n) is 4.09. The highest BCUT2D eigenvalue weighted by Gasteiger charge is 2.21. The first-order valence-corrected chi connectivity index (χ1v) is 10.3. The van der Waals surface area contributed by atoms with E-state index in [1.54, 1.807) is 23.1 Å². The van der Waals surface area contributed by atoms with E-state index in [2.05, 4.69) is 27.4 Å². The Morgan fingerprint density at radius 2 is 1.92 bits per heavy atom. The van der Waals surface area contributed by atoms with Gasteiger partial charge in [0.05, 0.1) is 12.3 Å². The van der Waals surface area contributed by atoms with Gasteiger partial charge >= 0.3 is 0 Å². The monoisotopic (exact) mass is 397 g/mol. The Kier molecular flexibility index (Phi) is 8.22. The summed E-state index contributed by atoms with van der Waals surface area (Å²) in [6, 6.07) is 10.3. The number of aryl methyl sites for hydroxylation is 1. The van der Waals surface area contributed by atoms with E-state index in [0.29, 0.717) is 5.75 Å². The van der Waals surface area contributed by atoms with Crippen LogP contribution in [-0.4, -0.2) is 52.6 Å². The number of nitrogens with zero attached hydrogens (tertiary/aromatic N) is 3. The molecule has 2 heterocycles. The summed E-state index contributed by atoms with van der Waals surface area (Å²) in [5, 5.41) is 3.27. The van der Waals surface area contributed by atoms with Crippen LogP contribution in [0.2, 0.25) is 0 Å². The van der Waals surface area contributed by atoms with Crippen LogP contribution in [0.1, 0.15) is 16.3 Å². The van der Waals surface area contributed by atoms with Crippen molar-refractivity contribution in [2.24, 2.45) is 0 Å². The number of amides is 1. The van der Waals surface area contributed by atoms with Crippen molar-refractivity contribution in [2.45, 2.75) is 19.2 Å². The van der Waals surface area contributed by atoms with Crippen molar-refractivity contribution in [3.8, 4) is 0 Å². The highest BCUT2D eigenvalue weighted by atomic mass is 35.5. The zero-order valence-corrected chi connectivity index (χ0v) is 16.8. The molecule has 7 heteroatoms. The number of hydrogen-bond donors (Lipinski definition) is 0. The number of hydrogen-bond acceptors (Lipinski definition) is 5. The van der Waals surface area contributed by atoms with Crippen LogP contribution in [0.3, 0.4) is 0 Å². The van der Waals surface area contributed by atoms with Gasteiger partial charge in [-0.05, 0) is 12.5 Å². The molecule has 0 atom stereocenters. The Balaban J connectivity index is 0.00000225. The lowest BCUT2D eigenvalue weighted by molar-refractivity contribution is -0.130. The van der Waals surface area contributed by atoms with E-state index in [9.17, 15) is 4.79 Å². The maximum Gasteiger partial charge on any atom is 0.232 e. The number of benzene rings is 1. The molecule has 0 radical (unpaired) electrons. The van der Waals surface area contributed by atoms with Crippen LogP contribution < -0.4 is 0 Å². The second-order valence-corrected chi connectivity index (χ2v) is 7.95. The Labute approximate surface area is 164 Å². The van der Waals surface area contributed by atoms with Crippen molar-refractivity contribution < 1.29 is 4.79 Å². The van der Waals surface area contributed by atoms with Gasteiger partial charge in [0.25, 0.3) is 0 Å². The molecule has 0 N–H and O–H groups in total. The maximum atomic E-state index is 12.3. The lowest BCUT2D eigenvalue weighted by Gasteiger charge is -2.34. The molecule has 0 aliphatic carbocycles. The molecule has 25 heavy (non-hydrogen) atoms. The first-order chi connectivity index (χ1) is 11.7. The van der Waals surface area contributed by atoms with Gasteiger partial charge in [0, 0.05) is 43.0 Å². The highest BCUT2D eigenvalue weighted by Crippen LogP contribution is 2.15. The van der Waals surface area contributed by atoms with Crippen LogP contribution in [0.5, 0.6) is 0 Å². The van der Waals surface area contributed by atoms with Crippen molar-refractivity contribution in [2.75, 3.05) is 31.9 Å². The predicted octanol–water partition coefficient (Wildman–Crippen LogP) is 3.45. The summed E-state index contributed by atoms with van der Waals surface area (Å²) < 4.78 is 0. The molecule has 1 aliphatic heterocycles. The summed E-state index contributed by atoms with van der Waals surface area (Å²) in [7, 11) is 0. The third kappa shape index (κ3) is 6.29. The summed E-state index contributed by atoms with van der Waals surface area (Å²) in [6.45, 7) is 6.47. The summed E-state index contributed by atoms with van der Waals surface area (Å²) in [4.78, 5) is 21.2. The van der Waals surface area contributed by atoms with Gasteiger partial charge in [-0.3, -0.25) is 9.69 Å². The molecule has 1 aromatic heterocycles. The molecule has 0 bridgehead atoms. The van der Waals surface area contributed by atoms with Gasteiger partial charge < -0.3 is 4.90 Å². The number of halogens is 1. The Hall–Kier alpha value is -1.08. The second kappa shape index (κ2) is 10.2. The average molecular weight is 398 g/mol. The minimum atomic E-state index is 0. The Morgan fingerprint density at radius 1 is 1.20 bits per heavy atom. The van der Waals surface area contributed by atoms with Crippen LogP contribution in [0, 0.1) is 6.92 Å². The van der Waals surface area contributed by atoms with E-state index < -0.39 is 0 Å². The standard InChI is InChI=1S/C18H23N3OS2.ClH/c1-15-12-24-17(19-15)11-20-7-9-21(10-8-20)18(22)14-23-13-16-5-3-2-4-6-16;/h2-6,12H,7-11,13-14H2,1H3;1H. The third-order valence-corrected chi connectivity index (χ3v) is 6.03. The van der Waals surface area contributed by atoms with Crippen LogP contribution in [0.15, 0.2) is 35.7 Å². The smallest absolute Gasteiger partial charge is 0.232 e. The number of rotatable bonds is 6. The molecule has 4 nitrogen and oxygen atoms in total. The molecule has 2 aromatic rings. The van der Waals surface area contributed by atoms with Crippen LogP contribution in [0.25, 0.3) is 0 Å². The van der Waals surface area contributed by atoms with Crippen molar-refractivity contribution >= 4 is 41.4 Å². The first-order valence-electron chi connectivity index (χ1n) is 8.23.